The Bertz CT molecular complexity index is 434. The Morgan fingerprint density at radius 3 is 2.59 bits per heavy atom. The van der Waals surface area contributed by atoms with Gasteiger partial charge in [0, 0.05) is 11.8 Å². The summed E-state index contributed by atoms with van der Waals surface area (Å²) in [6.07, 6.45) is 4.72. The first kappa shape index (κ1) is 12.9. The number of Topliss-reactive ketones (excluding diaryl/α,β-unsaturated/α-hetero) is 1. The first-order valence-electron chi connectivity index (χ1n) is 5.99. The molecule has 1 saturated carbocycles. The summed E-state index contributed by atoms with van der Waals surface area (Å²) < 4.78 is 0. The minimum Gasteiger partial charge on any atom is -0.299 e. The summed E-state index contributed by atoms with van der Waals surface area (Å²) >= 11 is 12.1. The standard InChI is InChI=1S/C14H16Cl2O/c1-14(7-2-3-8-14)12(17)9-10-5-4-6-11(15)13(10)16/h4-6H,2-3,7-9H2,1H3. The Morgan fingerprint density at radius 2 is 1.94 bits per heavy atom. The highest BCUT2D eigenvalue weighted by Gasteiger charge is 2.35. The maximum atomic E-state index is 12.3. The van der Waals surface area contributed by atoms with Crippen LogP contribution in [0.25, 0.3) is 0 Å². The lowest BCUT2D eigenvalue weighted by atomic mass is 9.81. The van der Waals surface area contributed by atoms with Crippen LogP contribution in [0, 0.1) is 5.41 Å². The molecule has 1 nitrogen and oxygen atoms in total. The van der Waals surface area contributed by atoms with Gasteiger partial charge in [0.2, 0.25) is 0 Å². The molecule has 0 radical (unpaired) electrons. The number of carbonyl (C=O) groups excluding carboxylic acids is 1. The molecule has 0 bridgehead atoms. The molecule has 0 heterocycles. The van der Waals surface area contributed by atoms with Crippen LogP contribution in [0.2, 0.25) is 10.0 Å². The highest BCUT2D eigenvalue weighted by molar-refractivity contribution is 6.42. The predicted molar refractivity (Wildman–Crippen MR) is 71.7 cm³/mol. The lowest BCUT2D eigenvalue weighted by Crippen LogP contribution is -2.26. The van der Waals surface area contributed by atoms with E-state index in [2.05, 4.69) is 6.92 Å². The van der Waals surface area contributed by atoms with Gasteiger partial charge in [0.25, 0.3) is 0 Å². The molecule has 1 aliphatic rings. The van der Waals surface area contributed by atoms with Crippen LogP contribution in [0.5, 0.6) is 0 Å². The molecule has 1 aromatic rings. The molecule has 0 N–H and O–H groups in total. The van der Waals surface area contributed by atoms with E-state index in [-0.39, 0.29) is 5.41 Å². The van der Waals surface area contributed by atoms with Crippen molar-refractivity contribution in [3.8, 4) is 0 Å². The van der Waals surface area contributed by atoms with Crippen LogP contribution in [0.4, 0.5) is 0 Å². The van der Waals surface area contributed by atoms with E-state index in [9.17, 15) is 4.79 Å². The van der Waals surface area contributed by atoms with Crippen molar-refractivity contribution < 1.29 is 4.79 Å². The summed E-state index contributed by atoms with van der Waals surface area (Å²) in [4.78, 5) is 12.3. The third-order valence-corrected chi connectivity index (χ3v) is 4.62. The molecule has 0 spiro atoms. The van der Waals surface area contributed by atoms with Gasteiger partial charge in [-0.3, -0.25) is 4.79 Å². The highest BCUT2D eigenvalue weighted by atomic mass is 35.5. The molecule has 1 aliphatic carbocycles. The number of rotatable bonds is 3. The van der Waals surface area contributed by atoms with E-state index in [0.717, 1.165) is 31.2 Å². The minimum absolute atomic E-state index is 0.147. The monoisotopic (exact) mass is 270 g/mol. The zero-order valence-corrected chi connectivity index (χ0v) is 11.4. The van der Waals surface area contributed by atoms with Gasteiger partial charge >= 0.3 is 0 Å². The Morgan fingerprint density at radius 1 is 1.29 bits per heavy atom. The van der Waals surface area contributed by atoms with Gasteiger partial charge in [-0.15, -0.1) is 0 Å². The molecule has 17 heavy (non-hydrogen) atoms. The smallest absolute Gasteiger partial charge is 0.143 e. The lowest BCUT2D eigenvalue weighted by molar-refractivity contribution is -0.126. The number of hydrogen-bond donors (Lipinski definition) is 0. The molecule has 2 rings (SSSR count). The largest absolute Gasteiger partial charge is 0.299 e. The second kappa shape index (κ2) is 4.99. The summed E-state index contributed by atoms with van der Waals surface area (Å²) in [5, 5.41) is 1.04. The van der Waals surface area contributed by atoms with Gasteiger partial charge in [-0.25, -0.2) is 0 Å². The molecule has 1 aromatic carbocycles. The third kappa shape index (κ3) is 2.66. The van der Waals surface area contributed by atoms with Gasteiger partial charge in [-0.2, -0.15) is 0 Å². The van der Waals surface area contributed by atoms with Crippen LogP contribution in [0.15, 0.2) is 18.2 Å². The van der Waals surface area contributed by atoms with Crippen LogP contribution in [0.3, 0.4) is 0 Å². The Hall–Kier alpha value is -0.530. The van der Waals surface area contributed by atoms with Gasteiger partial charge in [0.15, 0.2) is 0 Å². The second-order valence-corrected chi connectivity index (χ2v) is 5.87. The summed E-state index contributed by atoms with van der Waals surface area (Å²) in [6, 6.07) is 5.47. The average Bonchev–Trinajstić information content (AvgIpc) is 2.73. The molecule has 0 saturated heterocycles. The predicted octanol–water partition coefficient (Wildman–Crippen LogP) is 4.69. The number of ketones is 1. The second-order valence-electron chi connectivity index (χ2n) is 5.08. The Balaban J connectivity index is 2.16. The summed E-state index contributed by atoms with van der Waals surface area (Å²) in [5.41, 5.74) is 0.698. The Labute approximate surface area is 112 Å². The number of benzene rings is 1. The van der Waals surface area contributed by atoms with Crippen LogP contribution < -0.4 is 0 Å². The first-order chi connectivity index (χ1) is 8.03. The summed E-state index contributed by atoms with van der Waals surface area (Å²) in [6.45, 7) is 2.07. The quantitative estimate of drug-likeness (QED) is 0.779. The van der Waals surface area contributed by atoms with Crippen LogP contribution in [-0.2, 0) is 11.2 Å². The fraction of sp³-hybridized carbons (Fsp3) is 0.500. The molecule has 1 fully saturated rings. The summed E-state index contributed by atoms with van der Waals surface area (Å²) in [5.74, 6) is 0.291. The summed E-state index contributed by atoms with van der Waals surface area (Å²) in [7, 11) is 0. The fourth-order valence-electron chi connectivity index (χ4n) is 2.51. The van der Waals surface area contributed by atoms with Gasteiger partial charge in [-0.05, 0) is 24.5 Å². The van der Waals surface area contributed by atoms with Gasteiger partial charge in [0.1, 0.15) is 5.78 Å². The molecular weight excluding hydrogens is 255 g/mol. The van der Waals surface area contributed by atoms with E-state index in [1.807, 2.05) is 12.1 Å². The fourth-order valence-corrected chi connectivity index (χ4v) is 2.89. The van der Waals surface area contributed by atoms with E-state index in [4.69, 9.17) is 23.2 Å². The van der Waals surface area contributed by atoms with Crippen molar-refractivity contribution in [2.75, 3.05) is 0 Å². The Kier molecular flexibility index (Phi) is 3.79. The normalized spacial score (nSPS) is 18.3. The van der Waals surface area contributed by atoms with E-state index in [1.54, 1.807) is 6.07 Å². The van der Waals surface area contributed by atoms with E-state index in [0.29, 0.717) is 22.2 Å². The third-order valence-electron chi connectivity index (χ3n) is 3.76. The van der Waals surface area contributed by atoms with Crippen LogP contribution in [0.1, 0.15) is 38.2 Å². The molecule has 0 unspecified atom stereocenters. The molecule has 0 atom stereocenters. The molecule has 92 valence electrons. The van der Waals surface area contributed by atoms with Crippen molar-refractivity contribution in [1.29, 1.82) is 0 Å². The van der Waals surface area contributed by atoms with Crippen molar-refractivity contribution in [1.82, 2.24) is 0 Å². The molecular formula is C14H16Cl2O. The average molecular weight is 271 g/mol. The highest BCUT2D eigenvalue weighted by Crippen LogP contribution is 2.39. The van der Waals surface area contributed by atoms with Gasteiger partial charge in [-0.1, -0.05) is 55.1 Å². The maximum absolute atomic E-state index is 12.3. The lowest BCUT2D eigenvalue weighted by Gasteiger charge is -2.21. The minimum atomic E-state index is -0.147. The van der Waals surface area contributed by atoms with Crippen molar-refractivity contribution in [2.45, 2.75) is 39.0 Å². The van der Waals surface area contributed by atoms with Crippen molar-refractivity contribution in [2.24, 2.45) is 5.41 Å². The van der Waals surface area contributed by atoms with Crippen LogP contribution in [-0.4, -0.2) is 5.78 Å². The number of hydrogen-bond acceptors (Lipinski definition) is 1. The zero-order valence-electron chi connectivity index (χ0n) is 9.93. The first-order valence-corrected chi connectivity index (χ1v) is 6.75. The number of halogens is 2. The molecule has 0 amide bonds. The topological polar surface area (TPSA) is 17.1 Å². The van der Waals surface area contributed by atoms with Crippen LogP contribution >= 0.6 is 23.2 Å². The van der Waals surface area contributed by atoms with E-state index < -0.39 is 0 Å². The zero-order chi connectivity index (χ0) is 12.5. The van der Waals surface area contributed by atoms with Crippen molar-refractivity contribution in [3.63, 3.8) is 0 Å². The number of carbonyl (C=O) groups is 1. The van der Waals surface area contributed by atoms with E-state index >= 15 is 0 Å². The molecule has 0 aromatic heterocycles. The van der Waals surface area contributed by atoms with Crippen molar-refractivity contribution in [3.05, 3.63) is 33.8 Å². The van der Waals surface area contributed by atoms with Crippen molar-refractivity contribution >= 4 is 29.0 Å². The molecule has 3 heteroatoms. The van der Waals surface area contributed by atoms with Gasteiger partial charge in [0.05, 0.1) is 10.0 Å². The SMILES string of the molecule is CC1(C(=O)Cc2cccc(Cl)c2Cl)CCCC1. The maximum Gasteiger partial charge on any atom is 0.143 e. The van der Waals surface area contributed by atoms with E-state index in [1.165, 1.54) is 0 Å². The molecule has 0 aliphatic heterocycles. The van der Waals surface area contributed by atoms with Gasteiger partial charge < -0.3 is 0 Å².